The first-order chi connectivity index (χ1) is 7.74. The number of carbonyl (C=O) groups excluding carboxylic acids is 1. The number of fused-ring (bicyclic) bond motifs is 1. The molecule has 0 aromatic heterocycles. The van der Waals surface area contributed by atoms with Crippen LogP contribution in [0.1, 0.15) is 32.1 Å². The van der Waals surface area contributed by atoms with Crippen LogP contribution in [0.5, 0.6) is 0 Å². The zero-order valence-corrected chi connectivity index (χ0v) is 9.35. The molecule has 2 aliphatic carbocycles. The largest absolute Gasteiger partial charge is 0.409 e. The molecule has 0 saturated heterocycles. The molecular weight excluding hydrogens is 206 g/mol. The van der Waals surface area contributed by atoms with E-state index in [1.165, 1.54) is 19.3 Å². The van der Waals surface area contributed by atoms with Crippen LogP contribution in [0.15, 0.2) is 5.16 Å². The van der Waals surface area contributed by atoms with E-state index in [0.29, 0.717) is 24.8 Å². The van der Waals surface area contributed by atoms with Crippen molar-refractivity contribution in [2.75, 3.05) is 6.54 Å². The van der Waals surface area contributed by atoms with Crippen LogP contribution in [0.3, 0.4) is 0 Å². The summed E-state index contributed by atoms with van der Waals surface area (Å²) < 4.78 is 0. The SMILES string of the molecule is NC(CCCNC(=O)C1C2CCCC21)=NO. The molecule has 2 fully saturated rings. The van der Waals surface area contributed by atoms with Gasteiger partial charge in [0, 0.05) is 18.9 Å². The van der Waals surface area contributed by atoms with E-state index in [1.807, 2.05) is 0 Å². The Labute approximate surface area is 95.1 Å². The first-order valence-corrected chi connectivity index (χ1v) is 5.98. The van der Waals surface area contributed by atoms with Gasteiger partial charge in [0.2, 0.25) is 5.91 Å². The van der Waals surface area contributed by atoms with Crippen LogP contribution in [-0.4, -0.2) is 23.5 Å². The number of amidine groups is 1. The van der Waals surface area contributed by atoms with E-state index in [4.69, 9.17) is 10.9 Å². The third kappa shape index (κ3) is 2.28. The number of nitrogens with two attached hydrogens (primary N) is 1. The summed E-state index contributed by atoms with van der Waals surface area (Å²) in [6.45, 7) is 0.616. The molecule has 0 radical (unpaired) electrons. The first-order valence-electron chi connectivity index (χ1n) is 5.98. The summed E-state index contributed by atoms with van der Waals surface area (Å²) >= 11 is 0. The van der Waals surface area contributed by atoms with Crippen LogP contribution in [0.2, 0.25) is 0 Å². The normalized spacial score (nSPS) is 32.2. The summed E-state index contributed by atoms with van der Waals surface area (Å²) in [7, 11) is 0. The third-order valence-electron chi connectivity index (χ3n) is 3.75. The lowest BCUT2D eigenvalue weighted by atomic mass is 10.1. The second-order valence-electron chi connectivity index (χ2n) is 4.77. The van der Waals surface area contributed by atoms with Crippen LogP contribution in [0.4, 0.5) is 0 Å². The van der Waals surface area contributed by atoms with Crippen molar-refractivity contribution in [3.63, 3.8) is 0 Å². The highest BCUT2D eigenvalue weighted by atomic mass is 16.4. The van der Waals surface area contributed by atoms with Crippen LogP contribution >= 0.6 is 0 Å². The predicted octanol–water partition coefficient (Wildman–Crippen LogP) is 0.675. The maximum absolute atomic E-state index is 11.7. The molecule has 90 valence electrons. The quantitative estimate of drug-likeness (QED) is 0.211. The van der Waals surface area contributed by atoms with Gasteiger partial charge in [-0.3, -0.25) is 4.79 Å². The van der Waals surface area contributed by atoms with Gasteiger partial charge in [-0.05, 0) is 31.1 Å². The van der Waals surface area contributed by atoms with Crippen molar-refractivity contribution >= 4 is 11.7 Å². The minimum atomic E-state index is 0.203. The Balaban J connectivity index is 1.59. The van der Waals surface area contributed by atoms with Gasteiger partial charge < -0.3 is 16.3 Å². The lowest BCUT2D eigenvalue weighted by Crippen LogP contribution is -2.28. The maximum atomic E-state index is 11.7. The topological polar surface area (TPSA) is 87.7 Å². The fourth-order valence-electron chi connectivity index (χ4n) is 2.86. The molecule has 4 N–H and O–H groups in total. The number of carbonyl (C=O) groups is 1. The average molecular weight is 225 g/mol. The van der Waals surface area contributed by atoms with Gasteiger partial charge in [0.1, 0.15) is 5.84 Å². The van der Waals surface area contributed by atoms with Crippen molar-refractivity contribution in [2.45, 2.75) is 32.1 Å². The van der Waals surface area contributed by atoms with E-state index in [2.05, 4.69) is 10.5 Å². The molecule has 0 spiro atoms. The highest BCUT2D eigenvalue weighted by molar-refractivity contribution is 5.82. The highest BCUT2D eigenvalue weighted by Crippen LogP contribution is 2.57. The molecule has 2 rings (SSSR count). The van der Waals surface area contributed by atoms with Crippen LogP contribution in [0.25, 0.3) is 0 Å². The Hall–Kier alpha value is -1.26. The molecule has 0 aromatic rings. The zero-order valence-electron chi connectivity index (χ0n) is 9.35. The third-order valence-corrected chi connectivity index (χ3v) is 3.75. The molecule has 16 heavy (non-hydrogen) atoms. The van der Waals surface area contributed by atoms with Gasteiger partial charge >= 0.3 is 0 Å². The number of nitrogens with one attached hydrogen (secondary N) is 1. The minimum absolute atomic E-state index is 0.203. The molecule has 0 heterocycles. The number of hydrogen-bond acceptors (Lipinski definition) is 3. The van der Waals surface area contributed by atoms with Gasteiger partial charge in [-0.2, -0.15) is 0 Å². The standard InChI is InChI=1S/C11H19N3O2/c12-9(14-16)5-2-6-13-11(15)10-7-3-1-4-8(7)10/h7-8,10,16H,1-6H2,(H2,12,14)(H,13,15). The highest BCUT2D eigenvalue weighted by Gasteiger charge is 2.56. The lowest BCUT2D eigenvalue weighted by Gasteiger charge is -2.05. The van der Waals surface area contributed by atoms with Crippen molar-refractivity contribution in [3.05, 3.63) is 0 Å². The number of amides is 1. The molecule has 0 aliphatic heterocycles. The van der Waals surface area contributed by atoms with E-state index in [9.17, 15) is 4.79 Å². The maximum Gasteiger partial charge on any atom is 0.223 e. The molecule has 0 bridgehead atoms. The summed E-state index contributed by atoms with van der Waals surface area (Å²) in [6.07, 6.45) is 5.00. The number of hydrogen-bond donors (Lipinski definition) is 3. The molecular formula is C11H19N3O2. The van der Waals surface area contributed by atoms with Gasteiger partial charge in [0.25, 0.3) is 0 Å². The van der Waals surface area contributed by atoms with Crippen LogP contribution in [0, 0.1) is 17.8 Å². The van der Waals surface area contributed by atoms with Gasteiger partial charge in [0.15, 0.2) is 0 Å². The Morgan fingerprint density at radius 2 is 2.12 bits per heavy atom. The van der Waals surface area contributed by atoms with Gasteiger partial charge in [0.05, 0.1) is 0 Å². The van der Waals surface area contributed by atoms with Crippen LogP contribution < -0.4 is 11.1 Å². The molecule has 1 amide bonds. The van der Waals surface area contributed by atoms with Crippen molar-refractivity contribution in [1.29, 1.82) is 0 Å². The minimum Gasteiger partial charge on any atom is -0.409 e. The molecule has 5 nitrogen and oxygen atoms in total. The second-order valence-corrected chi connectivity index (χ2v) is 4.77. The van der Waals surface area contributed by atoms with E-state index in [0.717, 1.165) is 6.42 Å². The summed E-state index contributed by atoms with van der Waals surface area (Å²) in [5, 5.41) is 14.1. The number of oxime groups is 1. The van der Waals surface area contributed by atoms with E-state index in [1.54, 1.807) is 0 Å². The van der Waals surface area contributed by atoms with Crippen molar-refractivity contribution < 1.29 is 10.0 Å². The first kappa shape index (κ1) is 11.2. The Kier molecular flexibility index (Phi) is 3.31. The Morgan fingerprint density at radius 3 is 2.75 bits per heavy atom. The van der Waals surface area contributed by atoms with Crippen molar-refractivity contribution in [1.82, 2.24) is 5.32 Å². The fourth-order valence-corrected chi connectivity index (χ4v) is 2.86. The molecule has 5 heteroatoms. The van der Waals surface area contributed by atoms with Crippen molar-refractivity contribution in [2.24, 2.45) is 28.6 Å². The molecule has 2 unspecified atom stereocenters. The summed E-state index contributed by atoms with van der Waals surface area (Å²) in [5.74, 6) is 2.05. The van der Waals surface area contributed by atoms with E-state index >= 15 is 0 Å². The average Bonchev–Trinajstić information content (AvgIpc) is 2.78. The Bertz CT molecular complexity index is 294. The number of nitrogens with zero attached hydrogens (tertiary/aromatic N) is 1. The van der Waals surface area contributed by atoms with Crippen molar-refractivity contribution in [3.8, 4) is 0 Å². The smallest absolute Gasteiger partial charge is 0.223 e. The Morgan fingerprint density at radius 1 is 1.44 bits per heavy atom. The monoisotopic (exact) mass is 225 g/mol. The number of rotatable bonds is 5. The molecule has 2 saturated carbocycles. The van der Waals surface area contributed by atoms with Gasteiger partial charge in [-0.25, -0.2) is 0 Å². The van der Waals surface area contributed by atoms with E-state index in [-0.39, 0.29) is 17.7 Å². The summed E-state index contributed by atoms with van der Waals surface area (Å²) in [4.78, 5) is 11.7. The summed E-state index contributed by atoms with van der Waals surface area (Å²) in [5.41, 5.74) is 5.32. The molecule has 2 aliphatic rings. The van der Waals surface area contributed by atoms with Gasteiger partial charge in [-0.1, -0.05) is 11.6 Å². The second kappa shape index (κ2) is 4.72. The predicted molar refractivity (Wildman–Crippen MR) is 60.0 cm³/mol. The van der Waals surface area contributed by atoms with Gasteiger partial charge in [-0.15, -0.1) is 0 Å². The zero-order chi connectivity index (χ0) is 11.5. The fraction of sp³-hybridized carbons (Fsp3) is 0.818. The van der Waals surface area contributed by atoms with E-state index < -0.39 is 0 Å². The van der Waals surface area contributed by atoms with Crippen LogP contribution in [-0.2, 0) is 4.79 Å². The molecule has 2 atom stereocenters. The lowest BCUT2D eigenvalue weighted by molar-refractivity contribution is -0.123. The molecule has 0 aromatic carbocycles. The summed E-state index contributed by atoms with van der Waals surface area (Å²) in [6, 6.07) is 0.